The number of primary amides is 1. The van der Waals surface area contributed by atoms with Crippen LogP contribution in [0.4, 0.5) is 0 Å². The van der Waals surface area contributed by atoms with Crippen LogP contribution in [0.3, 0.4) is 0 Å². The van der Waals surface area contributed by atoms with Crippen molar-refractivity contribution in [3.8, 4) is 11.5 Å². The first kappa shape index (κ1) is 16.2. The van der Waals surface area contributed by atoms with Crippen LogP contribution >= 0.6 is 0 Å². The SMILES string of the molecule is Cc1oc(-c2ccccc2)nc1CC(=O)N1CCC(C(N)=O)CC1. The van der Waals surface area contributed by atoms with Gasteiger partial charge in [-0.05, 0) is 31.9 Å². The number of likely N-dealkylation sites (tertiary alicyclic amines) is 1. The highest BCUT2D eigenvalue weighted by atomic mass is 16.4. The van der Waals surface area contributed by atoms with Crippen molar-refractivity contribution in [3.63, 3.8) is 0 Å². The van der Waals surface area contributed by atoms with Gasteiger partial charge < -0.3 is 15.1 Å². The summed E-state index contributed by atoms with van der Waals surface area (Å²) in [6.07, 6.45) is 1.48. The third kappa shape index (κ3) is 3.48. The molecule has 0 saturated carbocycles. The van der Waals surface area contributed by atoms with Crippen molar-refractivity contribution in [2.24, 2.45) is 11.7 Å². The largest absolute Gasteiger partial charge is 0.441 e. The van der Waals surface area contributed by atoms with E-state index in [1.165, 1.54) is 0 Å². The second kappa shape index (κ2) is 6.86. The molecular formula is C18H21N3O3. The Bertz CT molecular complexity index is 731. The molecule has 24 heavy (non-hydrogen) atoms. The zero-order chi connectivity index (χ0) is 17.1. The van der Waals surface area contributed by atoms with E-state index in [0.717, 1.165) is 5.56 Å². The summed E-state index contributed by atoms with van der Waals surface area (Å²) in [5, 5.41) is 0. The fourth-order valence-corrected chi connectivity index (χ4v) is 2.96. The standard InChI is InChI=1S/C18H21N3O3/c1-12-15(20-18(24-12)14-5-3-2-4-6-14)11-16(22)21-9-7-13(8-10-21)17(19)23/h2-6,13H,7-11H2,1H3,(H2,19,23). The Kier molecular flexibility index (Phi) is 4.64. The Hall–Kier alpha value is -2.63. The number of hydrogen-bond donors (Lipinski definition) is 1. The van der Waals surface area contributed by atoms with Crippen LogP contribution in [0.1, 0.15) is 24.3 Å². The van der Waals surface area contributed by atoms with Crippen LogP contribution in [0.5, 0.6) is 0 Å². The average molecular weight is 327 g/mol. The molecule has 0 bridgehead atoms. The minimum Gasteiger partial charge on any atom is -0.441 e. The van der Waals surface area contributed by atoms with E-state index >= 15 is 0 Å². The molecule has 0 atom stereocenters. The molecule has 2 aromatic rings. The highest BCUT2D eigenvalue weighted by Gasteiger charge is 2.26. The lowest BCUT2D eigenvalue weighted by Gasteiger charge is -2.30. The van der Waals surface area contributed by atoms with Gasteiger partial charge in [0.2, 0.25) is 17.7 Å². The molecule has 1 aliphatic heterocycles. The molecule has 126 valence electrons. The van der Waals surface area contributed by atoms with Gasteiger partial charge in [0.05, 0.1) is 12.1 Å². The van der Waals surface area contributed by atoms with Gasteiger partial charge in [-0.1, -0.05) is 18.2 Å². The number of hydrogen-bond acceptors (Lipinski definition) is 4. The van der Waals surface area contributed by atoms with Crippen LogP contribution in [0.15, 0.2) is 34.7 Å². The lowest BCUT2D eigenvalue weighted by Crippen LogP contribution is -2.42. The summed E-state index contributed by atoms with van der Waals surface area (Å²) >= 11 is 0. The zero-order valence-corrected chi connectivity index (χ0v) is 13.7. The van der Waals surface area contributed by atoms with Gasteiger partial charge in [0.1, 0.15) is 5.76 Å². The number of nitrogens with two attached hydrogens (primary N) is 1. The zero-order valence-electron chi connectivity index (χ0n) is 13.7. The highest BCUT2D eigenvalue weighted by Crippen LogP contribution is 2.23. The Morgan fingerprint density at radius 2 is 1.92 bits per heavy atom. The molecule has 6 nitrogen and oxygen atoms in total. The summed E-state index contributed by atoms with van der Waals surface area (Å²) < 4.78 is 5.69. The van der Waals surface area contributed by atoms with Crippen LogP contribution < -0.4 is 5.73 Å². The molecule has 2 heterocycles. The summed E-state index contributed by atoms with van der Waals surface area (Å²) in [5.74, 6) is 0.806. The number of piperidine rings is 1. The van der Waals surface area contributed by atoms with Gasteiger partial charge in [-0.2, -0.15) is 0 Å². The monoisotopic (exact) mass is 327 g/mol. The molecule has 0 unspecified atom stereocenters. The number of aryl methyl sites for hydroxylation is 1. The van der Waals surface area contributed by atoms with Crippen LogP contribution in [0.25, 0.3) is 11.5 Å². The number of oxazole rings is 1. The summed E-state index contributed by atoms with van der Waals surface area (Å²) in [6.45, 7) is 2.95. The van der Waals surface area contributed by atoms with Crippen LogP contribution in [0.2, 0.25) is 0 Å². The average Bonchev–Trinajstić information content (AvgIpc) is 2.96. The molecule has 3 rings (SSSR count). The van der Waals surface area contributed by atoms with Crippen molar-refractivity contribution in [1.29, 1.82) is 0 Å². The van der Waals surface area contributed by atoms with Crippen LogP contribution in [0, 0.1) is 12.8 Å². The van der Waals surface area contributed by atoms with Crippen molar-refractivity contribution in [2.45, 2.75) is 26.2 Å². The first-order valence-corrected chi connectivity index (χ1v) is 8.13. The number of carbonyl (C=O) groups excluding carboxylic acids is 2. The Morgan fingerprint density at radius 1 is 1.25 bits per heavy atom. The van der Waals surface area contributed by atoms with E-state index in [1.807, 2.05) is 37.3 Å². The Morgan fingerprint density at radius 3 is 2.54 bits per heavy atom. The third-order valence-electron chi connectivity index (χ3n) is 4.48. The minimum absolute atomic E-state index is 0.00827. The van der Waals surface area contributed by atoms with E-state index in [9.17, 15) is 9.59 Å². The van der Waals surface area contributed by atoms with Gasteiger partial charge in [0.25, 0.3) is 0 Å². The predicted octanol–water partition coefficient (Wildman–Crippen LogP) is 1.92. The second-order valence-electron chi connectivity index (χ2n) is 6.12. The van der Waals surface area contributed by atoms with Crippen molar-refractivity contribution < 1.29 is 14.0 Å². The highest BCUT2D eigenvalue weighted by molar-refractivity contribution is 5.80. The molecule has 6 heteroatoms. The van der Waals surface area contributed by atoms with E-state index in [0.29, 0.717) is 43.3 Å². The number of rotatable bonds is 4. The molecule has 2 amide bonds. The normalized spacial score (nSPS) is 15.5. The quantitative estimate of drug-likeness (QED) is 0.929. The fourth-order valence-electron chi connectivity index (χ4n) is 2.96. The van der Waals surface area contributed by atoms with Gasteiger partial charge in [0.15, 0.2) is 0 Å². The Balaban J connectivity index is 1.65. The molecule has 0 aliphatic carbocycles. The molecule has 0 radical (unpaired) electrons. The molecule has 1 aromatic heterocycles. The lowest BCUT2D eigenvalue weighted by atomic mass is 9.96. The molecule has 2 N–H and O–H groups in total. The number of carbonyl (C=O) groups is 2. The second-order valence-corrected chi connectivity index (χ2v) is 6.12. The first-order valence-electron chi connectivity index (χ1n) is 8.13. The van der Waals surface area contributed by atoms with E-state index in [4.69, 9.17) is 10.2 Å². The molecule has 0 spiro atoms. The van der Waals surface area contributed by atoms with E-state index in [-0.39, 0.29) is 24.2 Å². The first-order chi connectivity index (χ1) is 11.5. The van der Waals surface area contributed by atoms with Crippen molar-refractivity contribution in [2.75, 3.05) is 13.1 Å². The maximum atomic E-state index is 12.5. The van der Waals surface area contributed by atoms with E-state index in [1.54, 1.807) is 4.90 Å². The van der Waals surface area contributed by atoms with Gasteiger partial charge in [-0.3, -0.25) is 9.59 Å². The lowest BCUT2D eigenvalue weighted by molar-refractivity contribution is -0.134. The maximum absolute atomic E-state index is 12.5. The molecule has 1 aromatic carbocycles. The minimum atomic E-state index is -0.276. The number of aromatic nitrogens is 1. The van der Waals surface area contributed by atoms with E-state index in [2.05, 4.69) is 4.98 Å². The van der Waals surface area contributed by atoms with Gasteiger partial charge in [-0.25, -0.2) is 4.98 Å². The molecular weight excluding hydrogens is 306 g/mol. The maximum Gasteiger partial charge on any atom is 0.228 e. The summed E-state index contributed by atoms with van der Waals surface area (Å²) in [4.78, 5) is 29.9. The van der Waals surface area contributed by atoms with Crippen LogP contribution in [-0.4, -0.2) is 34.8 Å². The number of amides is 2. The van der Waals surface area contributed by atoms with Crippen molar-refractivity contribution in [1.82, 2.24) is 9.88 Å². The van der Waals surface area contributed by atoms with Gasteiger partial charge in [-0.15, -0.1) is 0 Å². The van der Waals surface area contributed by atoms with Crippen LogP contribution in [-0.2, 0) is 16.0 Å². The summed E-state index contributed by atoms with van der Waals surface area (Å²) in [7, 11) is 0. The molecule has 1 fully saturated rings. The number of benzene rings is 1. The van der Waals surface area contributed by atoms with E-state index < -0.39 is 0 Å². The summed E-state index contributed by atoms with van der Waals surface area (Å²) in [6, 6.07) is 9.61. The molecule has 1 aliphatic rings. The van der Waals surface area contributed by atoms with Crippen molar-refractivity contribution >= 4 is 11.8 Å². The third-order valence-corrected chi connectivity index (χ3v) is 4.48. The van der Waals surface area contributed by atoms with Crippen molar-refractivity contribution in [3.05, 3.63) is 41.8 Å². The molecule has 1 saturated heterocycles. The number of nitrogens with zero attached hydrogens (tertiary/aromatic N) is 2. The van der Waals surface area contributed by atoms with Gasteiger partial charge >= 0.3 is 0 Å². The Labute approximate surface area is 140 Å². The fraction of sp³-hybridized carbons (Fsp3) is 0.389. The predicted molar refractivity (Wildman–Crippen MR) is 88.9 cm³/mol. The summed E-state index contributed by atoms with van der Waals surface area (Å²) in [5.41, 5.74) is 6.88. The topological polar surface area (TPSA) is 89.4 Å². The smallest absolute Gasteiger partial charge is 0.228 e. The van der Waals surface area contributed by atoms with Gasteiger partial charge in [0, 0.05) is 24.6 Å².